The Labute approximate surface area is 275 Å². The predicted molar refractivity (Wildman–Crippen MR) is 193 cm³/mol. The Morgan fingerprint density at radius 2 is 0.349 bits per heavy atom. The predicted octanol–water partition coefficient (Wildman–Crippen LogP) is 8.49. The zero-order valence-electron chi connectivity index (χ0n) is 24.4. The van der Waals surface area contributed by atoms with Gasteiger partial charge in [0, 0.05) is 21.1 Å². The van der Waals surface area contributed by atoms with Crippen LogP contribution < -0.4 is 31.8 Å². The Hall–Kier alpha value is -3.65. The van der Waals surface area contributed by atoms with Crippen molar-refractivity contribution >= 4 is 47.7 Å². The molecule has 218 valence electrons. The van der Waals surface area contributed by atoms with Crippen LogP contribution in [0.3, 0.4) is 0 Å². The molecule has 6 rings (SSSR count). The van der Waals surface area contributed by atoms with E-state index >= 15 is 0 Å². The van der Waals surface area contributed by atoms with Crippen molar-refractivity contribution in [2.24, 2.45) is 0 Å². The number of hydrogen-bond donors (Lipinski definition) is 0. The first kappa shape index (κ1) is 35.5. The first-order valence-corrected chi connectivity index (χ1v) is 16.5. The maximum atomic E-state index is 3.00. The first-order chi connectivity index (χ1) is 20.9. The van der Waals surface area contributed by atoms with Gasteiger partial charge in [0.1, 0.15) is 0 Å². The Bertz CT molecular complexity index is 1200. The zero-order valence-corrected chi connectivity index (χ0v) is 28.4. The summed E-state index contributed by atoms with van der Waals surface area (Å²) in [6, 6.07) is 64.7. The Morgan fingerprint density at radius 1 is 0.233 bits per heavy atom. The quantitative estimate of drug-likeness (QED) is 0.118. The molecule has 0 aliphatic carbocycles. The standard InChI is InChI=1S/2C18H15P.2C2H4.Pt/c2*1-4-10-16(11-5-1)19(17-12-6-2-7-13-17)18-14-8-3-9-15-18;2*1-2;/h2*1-15H;2*1-2H2;. The third-order valence-corrected chi connectivity index (χ3v) is 11.0. The number of hydrogen-bond acceptors (Lipinski definition) is 0. The van der Waals surface area contributed by atoms with Gasteiger partial charge in [-0.25, -0.2) is 0 Å². The maximum Gasteiger partial charge on any atom is 0 e. The molecule has 0 aromatic heterocycles. The van der Waals surface area contributed by atoms with Crippen LogP contribution in [0.25, 0.3) is 0 Å². The Balaban J connectivity index is 0.000000264. The van der Waals surface area contributed by atoms with Crippen molar-refractivity contribution in [1.82, 2.24) is 0 Å². The normalized spacial score (nSPS) is 9.53. The molecule has 0 spiro atoms. The largest absolute Gasteiger partial charge is 0.106 e. The average Bonchev–Trinajstić information content (AvgIpc) is 3.10. The van der Waals surface area contributed by atoms with E-state index in [0.717, 1.165) is 0 Å². The fourth-order valence-corrected chi connectivity index (χ4v) is 8.97. The monoisotopic (exact) mass is 775 g/mol. The van der Waals surface area contributed by atoms with Crippen LogP contribution in [-0.4, -0.2) is 0 Å². The minimum absolute atomic E-state index is 0. The zero-order chi connectivity index (χ0) is 29.8. The Kier molecular flexibility index (Phi) is 17.4. The molecule has 0 amide bonds. The van der Waals surface area contributed by atoms with Crippen LogP contribution in [0.1, 0.15) is 0 Å². The van der Waals surface area contributed by atoms with Gasteiger partial charge in [0.15, 0.2) is 0 Å². The fourth-order valence-electron chi connectivity index (χ4n) is 4.36. The van der Waals surface area contributed by atoms with Gasteiger partial charge in [-0.2, -0.15) is 0 Å². The van der Waals surface area contributed by atoms with Crippen LogP contribution in [0.5, 0.6) is 0 Å². The van der Waals surface area contributed by atoms with Gasteiger partial charge >= 0.3 is 0 Å². The molecule has 0 bridgehead atoms. The third kappa shape index (κ3) is 10.8. The molecule has 6 aromatic carbocycles. The number of rotatable bonds is 6. The molecule has 0 unspecified atom stereocenters. The van der Waals surface area contributed by atoms with Gasteiger partial charge in [-0.1, -0.05) is 182 Å². The fraction of sp³-hybridized carbons (Fsp3) is 0. The van der Waals surface area contributed by atoms with Crippen molar-refractivity contribution in [2.45, 2.75) is 0 Å². The average molecular weight is 776 g/mol. The van der Waals surface area contributed by atoms with E-state index in [1.807, 2.05) is 0 Å². The van der Waals surface area contributed by atoms with E-state index in [1.165, 1.54) is 31.8 Å². The molecule has 0 N–H and O–H groups in total. The van der Waals surface area contributed by atoms with Crippen LogP contribution in [0.2, 0.25) is 0 Å². The molecule has 3 heteroatoms. The summed E-state index contributed by atoms with van der Waals surface area (Å²) < 4.78 is 0. The van der Waals surface area contributed by atoms with E-state index in [0.29, 0.717) is 0 Å². The van der Waals surface area contributed by atoms with Crippen LogP contribution >= 0.6 is 15.8 Å². The molecule has 0 aliphatic rings. The first-order valence-electron chi connectivity index (χ1n) is 13.8. The summed E-state index contributed by atoms with van der Waals surface area (Å²) in [6.07, 6.45) is 0. The molecule has 6 aromatic rings. The van der Waals surface area contributed by atoms with E-state index in [1.54, 1.807) is 0 Å². The van der Waals surface area contributed by atoms with Gasteiger partial charge in [-0.15, -0.1) is 26.3 Å². The minimum Gasteiger partial charge on any atom is -0.106 e. The van der Waals surface area contributed by atoms with Crippen molar-refractivity contribution in [3.05, 3.63) is 208 Å². The second kappa shape index (κ2) is 21.1. The van der Waals surface area contributed by atoms with Gasteiger partial charge in [-0.05, 0) is 47.7 Å². The van der Waals surface area contributed by atoms with Crippen molar-refractivity contribution in [2.75, 3.05) is 0 Å². The molecule has 0 radical (unpaired) electrons. The maximum absolute atomic E-state index is 3.00. The molecular weight excluding hydrogens is 737 g/mol. The topological polar surface area (TPSA) is 0 Å². The van der Waals surface area contributed by atoms with Crippen molar-refractivity contribution in [3.63, 3.8) is 0 Å². The van der Waals surface area contributed by atoms with Crippen molar-refractivity contribution < 1.29 is 21.1 Å². The van der Waals surface area contributed by atoms with Crippen LogP contribution in [-0.2, 0) is 21.1 Å². The summed E-state index contributed by atoms with van der Waals surface area (Å²) in [6.45, 7) is 12.0. The minimum atomic E-state index is -0.446. The summed E-state index contributed by atoms with van der Waals surface area (Å²) in [5.41, 5.74) is 0. The molecule has 0 heterocycles. The summed E-state index contributed by atoms with van der Waals surface area (Å²) >= 11 is 0. The van der Waals surface area contributed by atoms with E-state index in [9.17, 15) is 0 Å². The van der Waals surface area contributed by atoms with Gasteiger partial charge < -0.3 is 0 Å². The summed E-state index contributed by atoms with van der Waals surface area (Å²) in [5.74, 6) is 0. The van der Waals surface area contributed by atoms with E-state index < -0.39 is 15.8 Å². The van der Waals surface area contributed by atoms with Gasteiger partial charge in [0.25, 0.3) is 0 Å². The second-order valence-electron chi connectivity index (χ2n) is 8.68. The summed E-state index contributed by atoms with van der Waals surface area (Å²) in [5, 5.41) is 8.39. The summed E-state index contributed by atoms with van der Waals surface area (Å²) in [7, 11) is -0.892. The van der Waals surface area contributed by atoms with E-state index in [2.05, 4.69) is 208 Å². The molecule has 0 fully saturated rings. The van der Waals surface area contributed by atoms with Crippen LogP contribution in [0.4, 0.5) is 0 Å². The molecular formula is C40H38P2Pt. The van der Waals surface area contributed by atoms with Crippen molar-refractivity contribution in [1.29, 1.82) is 0 Å². The second-order valence-corrected chi connectivity index (χ2v) is 13.1. The smallest absolute Gasteiger partial charge is 0 e. The molecule has 0 atom stereocenters. The van der Waals surface area contributed by atoms with Gasteiger partial charge in [-0.3, -0.25) is 0 Å². The van der Waals surface area contributed by atoms with Crippen molar-refractivity contribution in [3.8, 4) is 0 Å². The Morgan fingerprint density at radius 3 is 0.465 bits per heavy atom. The SMILES string of the molecule is C=C.C=C.[Pt].c1ccc(P(c2ccccc2)c2ccccc2)cc1.c1ccc(P(c2ccccc2)c2ccccc2)cc1. The molecule has 43 heavy (non-hydrogen) atoms. The van der Waals surface area contributed by atoms with Crippen LogP contribution in [0.15, 0.2) is 208 Å². The molecule has 0 aliphatic heterocycles. The number of benzene rings is 6. The van der Waals surface area contributed by atoms with E-state index in [4.69, 9.17) is 0 Å². The van der Waals surface area contributed by atoms with Crippen LogP contribution in [0, 0.1) is 0 Å². The molecule has 0 saturated heterocycles. The molecule has 0 saturated carbocycles. The van der Waals surface area contributed by atoms with Gasteiger partial charge in [0.05, 0.1) is 0 Å². The van der Waals surface area contributed by atoms with E-state index in [-0.39, 0.29) is 21.1 Å². The molecule has 0 nitrogen and oxygen atoms in total. The third-order valence-electron chi connectivity index (χ3n) is 6.09. The summed E-state index contributed by atoms with van der Waals surface area (Å²) in [4.78, 5) is 0. The van der Waals surface area contributed by atoms with Gasteiger partial charge in [0.2, 0.25) is 0 Å².